The molecule has 2 aliphatic rings. The Morgan fingerprint density at radius 2 is 2.28 bits per heavy atom. The number of thiophene rings is 1. The van der Waals surface area contributed by atoms with E-state index in [0.29, 0.717) is 24.1 Å². The molecule has 0 aromatic carbocycles. The van der Waals surface area contributed by atoms with Gasteiger partial charge in [-0.1, -0.05) is 12.5 Å². The molecule has 3 atom stereocenters. The van der Waals surface area contributed by atoms with Crippen molar-refractivity contribution in [2.75, 3.05) is 19.7 Å². The molecule has 0 bridgehead atoms. The highest BCUT2D eigenvalue weighted by Gasteiger charge is 2.59. The summed E-state index contributed by atoms with van der Waals surface area (Å²) in [4.78, 5) is 5.62. The molecule has 1 heterocycles. The van der Waals surface area contributed by atoms with E-state index in [1.165, 1.54) is 19.3 Å². The molecule has 6 heteroatoms. The number of aliphatic imine (C=N–C) groups is 1. The summed E-state index contributed by atoms with van der Waals surface area (Å²) in [6, 6.07) is 4.34. The minimum Gasteiger partial charge on any atom is -0.383 e. The lowest BCUT2D eigenvalue weighted by Gasteiger charge is -2.61. The first-order valence-corrected chi connectivity index (χ1v) is 10.3. The van der Waals surface area contributed by atoms with Crippen LogP contribution < -0.4 is 10.6 Å². The fraction of sp³-hybridized carbons (Fsp3) is 0.737. The smallest absolute Gasteiger partial charge is 0.191 e. The van der Waals surface area contributed by atoms with E-state index in [2.05, 4.69) is 29.5 Å². The van der Waals surface area contributed by atoms with Crippen molar-refractivity contribution in [2.45, 2.75) is 64.2 Å². The summed E-state index contributed by atoms with van der Waals surface area (Å²) >= 11 is 1.57. The van der Waals surface area contributed by atoms with Gasteiger partial charge in [0, 0.05) is 29.5 Å². The average Bonchev–Trinajstić information content (AvgIpc) is 3.05. The molecule has 2 aliphatic carbocycles. The number of ether oxygens (including phenoxy) is 1. The first-order valence-electron chi connectivity index (χ1n) is 9.44. The van der Waals surface area contributed by atoms with E-state index in [4.69, 9.17) is 4.74 Å². The zero-order valence-electron chi connectivity index (χ0n) is 15.5. The van der Waals surface area contributed by atoms with Crippen molar-refractivity contribution in [3.05, 3.63) is 22.4 Å². The molecule has 3 rings (SSSR count). The minimum absolute atomic E-state index is 0.294. The number of nitrogens with one attached hydrogen (secondary N) is 2. The number of hydrogen-bond donors (Lipinski definition) is 3. The third kappa shape index (κ3) is 3.71. The predicted molar refractivity (Wildman–Crippen MR) is 103 cm³/mol. The van der Waals surface area contributed by atoms with Crippen LogP contribution in [0.15, 0.2) is 22.5 Å². The van der Waals surface area contributed by atoms with Gasteiger partial charge < -0.3 is 20.5 Å². The van der Waals surface area contributed by atoms with Crippen molar-refractivity contribution >= 4 is 17.3 Å². The zero-order valence-corrected chi connectivity index (χ0v) is 16.4. The van der Waals surface area contributed by atoms with Crippen LogP contribution in [0.5, 0.6) is 0 Å². The Kier molecular flexibility index (Phi) is 5.71. The van der Waals surface area contributed by atoms with Crippen molar-refractivity contribution in [3.63, 3.8) is 0 Å². The van der Waals surface area contributed by atoms with Gasteiger partial charge >= 0.3 is 0 Å². The molecule has 3 N–H and O–H groups in total. The molecule has 25 heavy (non-hydrogen) atoms. The summed E-state index contributed by atoms with van der Waals surface area (Å²) in [7, 11) is 0. The molecule has 1 spiro atoms. The van der Waals surface area contributed by atoms with Gasteiger partial charge in [0.15, 0.2) is 5.96 Å². The van der Waals surface area contributed by atoms with Crippen LogP contribution >= 0.6 is 11.3 Å². The molecule has 2 fully saturated rings. The van der Waals surface area contributed by atoms with E-state index in [1.54, 1.807) is 11.3 Å². The number of guanidine groups is 1. The number of hydrogen-bond acceptors (Lipinski definition) is 4. The standard InChI is InChI=1S/C19H31N3O2S/c1-4-20-17(21-13-18(3,23)16-8-6-11-25-16)22-14-12-15(24-5-2)19(14)9-7-10-19/h6,8,11,14-15,23H,4-5,7,9-10,12-13H2,1-3H3,(H2,20,21,22). The summed E-state index contributed by atoms with van der Waals surface area (Å²) in [5.74, 6) is 0.797. The molecular formula is C19H31N3O2S. The Bertz CT molecular complexity index is 581. The summed E-state index contributed by atoms with van der Waals surface area (Å²) in [6.07, 6.45) is 5.20. The molecule has 0 aliphatic heterocycles. The van der Waals surface area contributed by atoms with E-state index in [-0.39, 0.29) is 0 Å². The summed E-state index contributed by atoms with van der Waals surface area (Å²) in [5.41, 5.74) is -0.638. The molecule has 5 nitrogen and oxygen atoms in total. The monoisotopic (exact) mass is 365 g/mol. The van der Waals surface area contributed by atoms with Gasteiger partial charge in [0.1, 0.15) is 5.60 Å². The Balaban J connectivity index is 1.64. The Morgan fingerprint density at radius 3 is 2.84 bits per heavy atom. The van der Waals surface area contributed by atoms with Gasteiger partial charge in [-0.2, -0.15) is 0 Å². The molecule has 0 amide bonds. The van der Waals surface area contributed by atoms with Crippen molar-refractivity contribution in [1.82, 2.24) is 10.6 Å². The maximum Gasteiger partial charge on any atom is 0.191 e. The van der Waals surface area contributed by atoms with E-state index in [1.807, 2.05) is 24.4 Å². The van der Waals surface area contributed by atoms with Crippen LogP contribution in [0.4, 0.5) is 0 Å². The quantitative estimate of drug-likeness (QED) is 0.513. The maximum absolute atomic E-state index is 10.7. The van der Waals surface area contributed by atoms with Gasteiger partial charge in [-0.25, -0.2) is 4.99 Å². The number of rotatable bonds is 7. The predicted octanol–water partition coefficient (Wildman–Crippen LogP) is 2.86. The first kappa shape index (κ1) is 18.7. The van der Waals surface area contributed by atoms with E-state index in [9.17, 15) is 5.11 Å². The highest BCUT2D eigenvalue weighted by molar-refractivity contribution is 7.10. The van der Waals surface area contributed by atoms with Gasteiger partial charge in [0.05, 0.1) is 12.6 Å². The van der Waals surface area contributed by atoms with Crippen LogP contribution in [0.1, 0.15) is 51.3 Å². The van der Waals surface area contributed by atoms with E-state index in [0.717, 1.165) is 30.4 Å². The van der Waals surface area contributed by atoms with Gasteiger partial charge in [-0.15, -0.1) is 11.3 Å². The summed E-state index contributed by atoms with van der Waals surface area (Å²) < 4.78 is 5.93. The maximum atomic E-state index is 10.7. The van der Waals surface area contributed by atoms with Crippen molar-refractivity contribution in [2.24, 2.45) is 10.4 Å². The van der Waals surface area contributed by atoms with Crippen molar-refractivity contribution in [1.29, 1.82) is 0 Å². The van der Waals surface area contributed by atoms with Crippen LogP contribution in [0.2, 0.25) is 0 Å². The van der Waals surface area contributed by atoms with Gasteiger partial charge in [0.2, 0.25) is 0 Å². The Morgan fingerprint density at radius 1 is 1.48 bits per heavy atom. The lowest BCUT2D eigenvalue weighted by Crippen LogP contribution is -2.68. The second kappa shape index (κ2) is 7.64. The molecule has 1 aromatic rings. The van der Waals surface area contributed by atoms with Crippen LogP contribution in [0.3, 0.4) is 0 Å². The van der Waals surface area contributed by atoms with Crippen LogP contribution in [0.25, 0.3) is 0 Å². The van der Waals surface area contributed by atoms with Gasteiger partial charge in [-0.3, -0.25) is 0 Å². The van der Waals surface area contributed by atoms with Gasteiger partial charge in [-0.05, 0) is 51.5 Å². The second-order valence-electron chi connectivity index (χ2n) is 7.41. The minimum atomic E-state index is -0.932. The van der Waals surface area contributed by atoms with Crippen LogP contribution in [0, 0.1) is 5.41 Å². The normalized spacial score (nSPS) is 27.3. The fourth-order valence-corrected chi connectivity index (χ4v) is 4.80. The molecule has 1 aromatic heterocycles. The van der Waals surface area contributed by atoms with E-state index < -0.39 is 5.60 Å². The molecule has 140 valence electrons. The van der Waals surface area contributed by atoms with Crippen LogP contribution in [-0.2, 0) is 10.3 Å². The molecule has 0 saturated heterocycles. The zero-order chi connectivity index (χ0) is 17.9. The van der Waals surface area contributed by atoms with Crippen molar-refractivity contribution in [3.8, 4) is 0 Å². The number of aliphatic hydroxyl groups is 1. The summed E-state index contributed by atoms with van der Waals surface area (Å²) in [6.45, 7) is 7.91. The second-order valence-corrected chi connectivity index (χ2v) is 8.36. The highest BCUT2D eigenvalue weighted by Crippen LogP contribution is 2.57. The largest absolute Gasteiger partial charge is 0.383 e. The first-order chi connectivity index (χ1) is 12.0. The Hall–Kier alpha value is -1.11. The molecule has 0 radical (unpaired) electrons. The topological polar surface area (TPSA) is 65.9 Å². The lowest BCUT2D eigenvalue weighted by atomic mass is 9.51. The molecular weight excluding hydrogens is 334 g/mol. The van der Waals surface area contributed by atoms with Crippen molar-refractivity contribution < 1.29 is 9.84 Å². The van der Waals surface area contributed by atoms with Crippen LogP contribution in [-0.4, -0.2) is 42.9 Å². The third-order valence-corrected chi connectivity index (χ3v) is 6.81. The average molecular weight is 366 g/mol. The van der Waals surface area contributed by atoms with E-state index >= 15 is 0 Å². The third-order valence-electron chi connectivity index (χ3n) is 5.69. The van der Waals surface area contributed by atoms with Gasteiger partial charge in [0.25, 0.3) is 0 Å². The Labute approximate surface area is 154 Å². The lowest BCUT2D eigenvalue weighted by molar-refractivity contribution is -0.168. The highest BCUT2D eigenvalue weighted by atomic mass is 32.1. The molecule has 2 saturated carbocycles. The number of nitrogens with zero attached hydrogens (tertiary/aromatic N) is 1. The summed E-state index contributed by atoms with van der Waals surface area (Å²) in [5, 5.41) is 19.6. The SMILES string of the molecule is CCNC(=NCC(C)(O)c1cccs1)NC1CC(OCC)C12CCC2. The fourth-order valence-electron chi connectivity index (χ4n) is 4.02. The molecule has 3 unspecified atom stereocenters.